The van der Waals surface area contributed by atoms with Crippen molar-refractivity contribution in [3.63, 3.8) is 0 Å². The van der Waals surface area contributed by atoms with Gasteiger partial charge in [-0.05, 0) is 18.4 Å². The van der Waals surface area contributed by atoms with E-state index < -0.39 is 9.84 Å². The van der Waals surface area contributed by atoms with Crippen LogP contribution in [-0.4, -0.2) is 28.9 Å². The average molecular weight is 293 g/mol. The van der Waals surface area contributed by atoms with Crippen molar-refractivity contribution in [3.8, 4) is 0 Å². The molecule has 0 spiro atoms. The van der Waals surface area contributed by atoms with Gasteiger partial charge in [0.2, 0.25) is 15.0 Å². The highest BCUT2D eigenvalue weighted by atomic mass is 32.2. The number of sulfone groups is 1. The average Bonchev–Trinajstić information content (AvgIpc) is 2.87. The van der Waals surface area contributed by atoms with Gasteiger partial charge in [-0.2, -0.15) is 0 Å². The first kappa shape index (κ1) is 14.7. The summed E-state index contributed by atoms with van der Waals surface area (Å²) in [6, 6.07) is 9.59. The molecule has 6 heteroatoms. The van der Waals surface area contributed by atoms with Gasteiger partial charge in [0.15, 0.2) is 0 Å². The normalized spacial score (nSPS) is 13.6. The van der Waals surface area contributed by atoms with Crippen LogP contribution in [0.15, 0.2) is 41.8 Å². The minimum absolute atomic E-state index is 0.0440. The van der Waals surface area contributed by atoms with E-state index in [2.05, 4.69) is 10.2 Å². The second-order valence-corrected chi connectivity index (χ2v) is 7.21. The molecule has 2 aromatic rings. The number of rotatable bonds is 5. The van der Waals surface area contributed by atoms with E-state index in [1.165, 1.54) is 6.33 Å². The second-order valence-electron chi connectivity index (χ2n) is 5.28. The van der Waals surface area contributed by atoms with Gasteiger partial charge in [0.05, 0.1) is 11.8 Å². The molecule has 0 amide bonds. The predicted octanol–water partition coefficient (Wildman–Crippen LogP) is 2.32. The van der Waals surface area contributed by atoms with Gasteiger partial charge in [-0.25, -0.2) is 8.42 Å². The summed E-state index contributed by atoms with van der Waals surface area (Å²) in [5.41, 5.74) is 1.02. The van der Waals surface area contributed by atoms with Crippen molar-refractivity contribution >= 4 is 9.84 Å². The molecule has 20 heavy (non-hydrogen) atoms. The molecule has 0 aliphatic heterocycles. The van der Waals surface area contributed by atoms with E-state index in [0.717, 1.165) is 5.56 Å². The van der Waals surface area contributed by atoms with Crippen molar-refractivity contribution in [3.05, 3.63) is 42.2 Å². The van der Waals surface area contributed by atoms with Gasteiger partial charge in [-0.3, -0.25) is 4.57 Å². The Bertz CT molecular complexity index is 663. The molecule has 1 heterocycles. The minimum atomic E-state index is -3.41. The lowest BCUT2D eigenvalue weighted by atomic mass is 10.1. The van der Waals surface area contributed by atoms with Gasteiger partial charge in [-0.15, -0.1) is 10.2 Å². The zero-order valence-electron chi connectivity index (χ0n) is 11.9. The third-order valence-electron chi connectivity index (χ3n) is 3.07. The van der Waals surface area contributed by atoms with Crippen molar-refractivity contribution < 1.29 is 8.42 Å². The molecule has 0 radical (unpaired) electrons. The summed E-state index contributed by atoms with van der Waals surface area (Å²) in [5, 5.41) is 7.63. The lowest BCUT2D eigenvalue weighted by molar-refractivity contribution is 0.532. The van der Waals surface area contributed by atoms with Crippen molar-refractivity contribution in [1.82, 2.24) is 14.8 Å². The maximum atomic E-state index is 12.3. The number of hydrogen-bond donors (Lipinski definition) is 0. The van der Waals surface area contributed by atoms with Crippen LogP contribution in [0.3, 0.4) is 0 Å². The number of hydrogen-bond acceptors (Lipinski definition) is 4. The molecule has 0 aliphatic rings. The molecular formula is C14H19N3O2S. The van der Waals surface area contributed by atoms with Crippen molar-refractivity contribution in [1.29, 1.82) is 0 Å². The van der Waals surface area contributed by atoms with Crippen LogP contribution in [0.4, 0.5) is 0 Å². The predicted molar refractivity (Wildman–Crippen MR) is 77.2 cm³/mol. The highest BCUT2D eigenvalue weighted by molar-refractivity contribution is 7.91. The van der Waals surface area contributed by atoms with Crippen molar-refractivity contribution in [2.45, 2.75) is 32.0 Å². The molecule has 1 aromatic carbocycles. The largest absolute Gasteiger partial charge is 0.297 e. The maximum Gasteiger partial charge on any atom is 0.250 e. The first-order chi connectivity index (χ1) is 9.42. The maximum absolute atomic E-state index is 12.3. The summed E-state index contributed by atoms with van der Waals surface area (Å²) < 4.78 is 26.3. The number of benzene rings is 1. The Kier molecular flexibility index (Phi) is 4.23. The summed E-state index contributed by atoms with van der Waals surface area (Å²) >= 11 is 0. The van der Waals surface area contributed by atoms with Crippen LogP contribution in [0, 0.1) is 5.92 Å². The van der Waals surface area contributed by atoms with Crippen LogP contribution in [0.2, 0.25) is 0 Å². The Morgan fingerprint density at radius 2 is 1.80 bits per heavy atom. The first-order valence-corrected chi connectivity index (χ1v) is 8.24. The summed E-state index contributed by atoms with van der Waals surface area (Å²) in [4.78, 5) is 0. The molecule has 1 aromatic heterocycles. The SMILES string of the molecule is CC(C)CS(=O)(=O)c1nncn1C(C)c1ccccc1. The Morgan fingerprint density at radius 3 is 2.40 bits per heavy atom. The van der Waals surface area contributed by atoms with Gasteiger partial charge >= 0.3 is 0 Å². The number of aromatic nitrogens is 3. The quantitative estimate of drug-likeness (QED) is 0.848. The molecule has 2 rings (SSSR count). The fourth-order valence-corrected chi connectivity index (χ4v) is 3.85. The van der Waals surface area contributed by atoms with Crippen LogP contribution >= 0.6 is 0 Å². The molecule has 0 saturated heterocycles. The third kappa shape index (κ3) is 3.07. The Hall–Kier alpha value is -1.69. The van der Waals surface area contributed by atoms with Gasteiger partial charge < -0.3 is 0 Å². The molecule has 0 bridgehead atoms. The fraction of sp³-hybridized carbons (Fsp3) is 0.429. The van der Waals surface area contributed by atoms with Crippen molar-refractivity contribution in [2.24, 2.45) is 5.92 Å². The van der Waals surface area contributed by atoms with Crippen molar-refractivity contribution in [2.75, 3.05) is 5.75 Å². The van der Waals surface area contributed by atoms with Crippen LogP contribution in [0.25, 0.3) is 0 Å². The summed E-state index contributed by atoms with van der Waals surface area (Å²) in [6.07, 6.45) is 1.48. The van der Waals surface area contributed by atoms with Gasteiger partial charge in [0.1, 0.15) is 6.33 Å². The van der Waals surface area contributed by atoms with E-state index in [1.807, 2.05) is 51.1 Å². The van der Waals surface area contributed by atoms with Gasteiger partial charge in [0, 0.05) is 0 Å². The van der Waals surface area contributed by atoms with Crippen LogP contribution < -0.4 is 0 Å². The van der Waals surface area contributed by atoms with Crippen LogP contribution in [-0.2, 0) is 9.84 Å². The Balaban J connectivity index is 2.39. The second kappa shape index (κ2) is 5.75. The lowest BCUT2D eigenvalue weighted by Crippen LogP contribution is -2.19. The van der Waals surface area contributed by atoms with Gasteiger partial charge in [0.25, 0.3) is 0 Å². The van der Waals surface area contributed by atoms with E-state index in [-0.39, 0.29) is 22.9 Å². The summed E-state index contributed by atoms with van der Waals surface area (Å²) in [5.74, 6) is 0.130. The van der Waals surface area contributed by atoms with Crippen LogP contribution in [0.1, 0.15) is 32.4 Å². The van der Waals surface area contributed by atoms with E-state index >= 15 is 0 Å². The highest BCUT2D eigenvalue weighted by Crippen LogP contribution is 2.21. The molecule has 108 valence electrons. The standard InChI is InChI=1S/C14H19N3O2S/c1-11(2)9-20(18,19)14-16-15-10-17(14)12(3)13-7-5-4-6-8-13/h4-8,10-12H,9H2,1-3H3. The molecule has 1 unspecified atom stereocenters. The summed E-state index contributed by atoms with van der Waals surface area (Å²) in [7, 11) is -3.41. The zero-order valence-corrected chi connectivity index (χ0v) is 12.7. The van der Waals surface area contributed by atoms with Gasteiger partial charge in [-0.1, -0.05) is 44.2 Å². The molecule has 0 fully saturated rings. The molecule has 0 aliphatic carbocycles. The molecular weight excluding hydrogens is 274 g/mol. The monoisotopic (exact) mass is 293 g/mol. The highest BCUT2D eigenvalue weighted by Gasteiger charge is 2.25. The molecule has 0 N–H and O–H groups in total. The fourth-order valence-electron chi connectivity index (χ4n) is 2.13. The number of nitrogens with zero attached hydrogens (tertiary/aromatic N) is 3. The molecule has 1 atom stereocenters. The Labute approximate surface area is 119 Å². The van der Waals surface area contributed by atoms with E-state index in [4.69, 9.17) is 0 Å². The van der Waals surface area contributed by atoms with E-state index in [0.29, 0.717) is 0 Å². The smallest absolute Gasteiger partial charge is 0.250 e. The molecule has 0 saturated carbocycles. The molecule has 5 nitrogen and oxygen atoms in total. The lowest BCUT2D eigenvalue weighted by Gasteiger charge is -2.16. The van der Waals surface area contributed by atoms with E-state index in [1.54, 1.807) is 4.57 Å². The van der Waals surface area contributed by atoms with Crippen LogP contribution in [0.5, 0.6) is 0 Å². The third-order valence-corrected chi connectivity index (χ3v) is 5.02. The minimum Gasteiger partial charge on any atom is -0.297 e. The summed E-state index contributed by atoms with van der Waals surface area (Å²) in [6.45, 7) is 5.69. The zero-order chi connectivity index (χ0) is 14.8. The Morgan fingerprint density at radius 1 is 1.15 bits per heavy atom. The van der Waals surface area contributed by atoms with E-state index in [9.17, 15) is 8.42 Å². The first-order valence-electron chi connectivity index (χ1n) is 6.59. The topological polar surface area (TPSA) is 64.8 Å².